The number of anilines is 1. The first-order valence-corrected chi connectivity index (χ1v) is 5.68. The maximum Gasteiger partial charge on any atom is 0.144 e. The molecule has 0 fully saturated rings. The molecule has 1 aliphatic rings. The van der Waals surface area contributed by atoms with E-state index in [4.69, 9.17) is 4.74 Å². The number of ether oxygens (including phenoxy) is 1. The van der Waals surface area contributed by atoms with Crippen LogP contribution in [0.5, 0.6) is 5.75 Å². The first-order chi connectivity index (χ1) is 8.74. The lowest BCUT2D eigenvalue weighted by Gasteiger charge is -2.27. The van der Waals surface area contributed by atoms with Crippen molar-refractivity contribution in [1.82, 2.24) is 0 Å². The van der Waals surface area contributed by atoms with Gasteiger partial charge >= 0.3 is 0 Å². The zero-order chi connectivity index (χ0) is 12.5. The summed E-state index contributed by atoms with van der Waals surface area (Å²) in [6.45, 7) is 0.414. The quantitative estimate of drug-likeness (QED) is 0.832. The Kier molecular flexibility index (Phi) is 2.63. The summed E-state index contributed by atoms with van der Waals surface area (Å²) in [4.78, 5) is 0. The molecule has 1 N–H and O–H groups in total. The molecule has 18 heavy (non-hydrogen) atoms. The fourth-order valence-electron chi connectivity index (χ4n) is 2.05. The van der Waals surface area contributed by atoms with Crippen LogP contribution in [0, 0.1) is 11.6 Å². The third-order valence-electron chi connectivity index (χ3n) is 2.94. The van der Waals surface area contributed by atoms with E-state index in [0.29, 0.717) is 12.3 Å². The first-order valence-electron chi connectivity index (χ1n) is 5.68. The summed E-state index contributed by atoms with van der Waals surface area (Å²) in [7, 11) is 0. The van der Waals surface area contributed by atoms with E-state index in [1.54, 1.807) is 6.07 Å². The summed E-state index contributed by atoms with van der Waals surface area (Å²) in [5.41, 5.74) is 1.10. The van der Waals surface area contributed by atoms with Gasteiger partial charge in [0.1, 0.15) is 23.5 Å². The Morgan fingerprint density at radius 1 is 1.11 bits per heavy atom. The maximum atomic E-state index is 13.7. The average Bonchev–Trinajstić information content (AvgIpc) is 2.41. The number of halogens is 2. The smallest absolute Gasteiger partial charge is 0.144 e. The minimum absolute atomic E-state index is 0.233. The highest BCUT2D eigenvalue weighted by atomic mass is 19.1. The molecule has 0 aromatic heterocycles. The zero-order valence-electron chi connectivity index (χ0n) is 9.49. The third kappa shape index (κ3) is 1.90. The molecule has 2 aromatic rings. The minimum Gasteiger partial charge on any atom is -0.482 e. The highest BCUT2D eigenvalue weighted by Gasteiger charge is 2.23. The first kappa shape index (κ1) is 11.0. The average molecular weight is 247 g/mol. The largest absolute Gasteiger partial charge is 0.482 e. The number of fused-ring (bicyclic) bond motifs is 1. The summed E-state index contributed by atoms with van der Waals surface area (Å²) < 4.78 is 32.5. The van der Waals surface area contributed by atoms with Crippen molar-refractivity contribution >= 4 is 5.69 Å². The predicted molar refractivity (Wildman–Crippen MR) is 64.7 cm³/mol. The van der Waals surface area contributed by atoms with Crippen LogP contribution in [-0.4, -0.2) is 6.54 Å². The fourth-order valence-corrected chi connectivity index (χ4v) is 2.05. The Labute approximate surface area is 103 Å². The van der Waals surface area contributed by atoms with Crippen molar-refractivity contribution in [3.05, 3.63) is 59.7 Å². The molecule has 2 aromatic carbocycles. The van der Waals surface area contributed by atoms with Crippen LogP contribution in [0.2, 0.25) is 0 Å². The van der Waals surface area contributed by atoms with Crippen LogP contribution in [0.4, 0.5) is 14.5 Å². The van der Waals surface area contributed by atoms with Gasteiger partial charge in [-0.25, -0.2) is 8.78 Å². The van der Waals surface area contributed by atoms with Crippen LogP contribution in [0.3, 0.4) is 0 Å². The molecule has 2 nitrogen and oxygen atoms in total. The molecule has 4 heteroatoms. The minimum atomic E-state index is -0.518. The second-order valence-electron chi connectivity index (χ2n) is 4.15. The van der Waals surface area contributed by atoms with E-state index in [9.17, 15) is 8.78 Å². The van der Waals surface area contributed by atoms with Gasteiger partial charge in [-0.05, 0) is 30.3 Å². The molecule has 1 aliphatic heterocycles. The van der Waals surface area contributed by atoms with Crippen LogP contribution in [0.15, 0.2) is 42.5 Å². The molecule has 1 unspecified atom stereocenters. The lowest BCUT2D eigenvalue weighted by atomic mass is 10.1. The van der Waals surface area contributed by atoms with Crippen molar-refractivity contribution in [2.75, 3.05) is 11.9 Å². The van der Waals surface area contributed by atoms with Crippen molar-refractivity contribution in [3.63, 3.8) is 0 Å². The van der Waals surface area contributed by atoms with Crippen LogP contribution in [0.1, 0.15) is 11.7 Å². The van der Waals surface area contributed by atoms with Gasteiger partial charge in [-0.15, -0.1) is 0 Å². The molecule has 0 saturated heterocycles. The molecule has 0 spiro atoms. The monoisotopic (exact) mass is 247 g/mol. The topological polar surface area (TPSA) is 21.3 Å². The highest BCUT2D eigenvalue weighted by Crippen LogP contribution is 2.34. The zero-order valence-corrected chi connectivity index (χ0v) is 9.49. The molecule has 0 saturated carbocycles. The van der Waals surface area contributed by atoms with Gasteiger partial charge in [0, 0.05) is 5.56 Å². The lowest BCUT2D eigenvalue weighted by molar-refractivity contribution is 0.205. The molecular formula is C14H11F2NO. The van der Waals surface area contributed by atoms with E-state index in [1.807, 2.05) is 18.2 Å². The van der Waals surface area contributed by atoms with Gasteiger partial charge in [-0.2, -0.15) is 0 Å². The summed E-state index contributed by atoms with van der Waals surface area (Å²) in [5.74, 6) is -0.270. The fraction of sp³-hybridized carbons (Fsp3) is 0.143. The van der Waals surface area contributed by atoms with Crippen molar-refractivity contribution in [2.45, 2.75) is 6.10 Å². The van der Waals surface area contributed by atoms with E-state index in [0.717, 1.165) is 17.8 Å². The summed E-state index contributed by atoms with van der Waals surface area (Å²) in [6, 6.07) is 10.8. The van der Waals surface area contributed by atoms with Crippen LogP contribution in [-0.2, 0) is 0 Å². The maximum absolute atomic E-state index is 13.7. The summed E-state index contributed by atoms with van der Waals surface area (Å²) in [5, 5.41) is 3.14. The van der Waals surface area contributed by atoms with E-state index in [1.165, 1.54) is 6.07 Å². The molecule has 0 bridgehead atoms. The van der Waals surface area contributed by atoms with Crippen molar-refractivity contribution in [3.8, 4) is 5.75 Å². The van der Waals surface area contributed by atoms with Crippen molar-refractivity contribution < 1.29 is 13.5 Å². The van der Waals surface area contributed by atoms with E-state index in [2.05, 4.69) is 5.32 Å². The summed E-state index contributed by atoms with van der Waals surface area (Å²) >= 11 is 0. The number of rotatable bonds is 1. The van der Waals surface area contributed by atoms with Gasteiger partial charge in [0.15, 0.2) is 0 Å². The Morgan fingerprint density at radius 3 is 2.83 bits per heavy atom. The van der Waals surface area contributed by atoms with E-state index < -0.39 is 17.7 Å². The number of hydrogen-bond donors (Lipinski definition) is 1. The third-order valence-corrected chi connectivity index (χ3v) is 2.94. The molecule has 92 valence electrons. The van der Waals surface area contributed by atoms with Crippen molar-refractivity contribution in [1.29, 1.82) is 0 Å². The van der Waals surface area contributed by atoms with Gasteiger partial charge in [-0.1, -0.05) is 12.1 Å². The van der Waals surface area contributed by atoms with Crippen molar-refractivity contribution in [2.24, 2.45) is 0 Å². The number of nitrogens with one attached hydrogen (secondary N) is 1. The Balaban J connectivity index is 1.94. The van der Waals surface area contributed by atoms with Crippen LogP contribution in [0.25, 0.3) is 0 Å². The standard InChI is InChI=1S/C14H11F2NO/c15-9-5-6-11(16)10(7-9)14-8-17-12-3-1-2-4-13(12)18-14/h1-7,14,17H,8H2. The molecule has 0 radical (unpaired) electrons. The van der Waals surface area contributed by atoms with E-state index in [-0.39, 0.29) is 5.56 Å². The molecule has 3 rings (SSSR count). The number of hydrogen-bond acceptors (Lipinski definition) is 2. The molecule has 1 atom stereocenters. The van der Waals surface area contributed by atoms with Crippen LogP contribution >= 0.6 is 0 Å². The second-order valence-corrected chi connectivity index (χ2v) is 4.15. The van der Waals surface area contributed by atoms with Gasteiger partial charge in [0.2, 0.25) is 0 Å². The predicted octanol–water partition coefficient (Wildman–Crippen LogP) is 3.51. The molecule has 0 aliphatic carbocycles. The highest BCUT2D eigenvalue weighted by molar-refractivity contribution is 5.58. The summed E-state index contributed by atoms with van der Waals surface area (Å²) in [6.07, 6.45) is -0.518. The molecular weight excluding hydrogens is 236 g/mol. The van der Waals surface area contributed by atoms with Crippen LogP contribution < -0.4 is 10.1 Å². The Hall–Kier alpha value is -2.10. The van der Waals surface area contributed by atoms with Gasteiger partial charge in [0.05, 0.1) is 12.2 Å². The lowest BCUT2D eigenvalue weighted by Crippen LogP contribution is -2.24. The van der Waals surface area contributed by atoms with E-state index >= 15 is 0 Å². The Morgan fingerprint density at radius 2 is 1.94 bits per heavy atom. The number of para-hydroxylation sites is 2. The van der Waals surface area contributed by atoms with Gasteiger partial charge in [0.25, 0.3) is 0 Å². The normalized spacial score (nSPS) is 17.6. The van der Waals surface area contributed by atoms with Gasteiger partial charge in [-0.3, -0.25) is 0 Å². The SMILES string of the molecule is Fc1ccc(F)c(C2CNc3ccccc3O2)c1. The van der Waals surface area contributed by atoms with Gasteiger partial charge < -0.3 is 10.1 Å². The molecule has 0 amide bonds. The second kappa shape index (κ2) is 4.29. The Bertz CT molecular complexity index is 586. The molecule has 1 heterocycles. The number of benzene rings is 2.